The van der Waals surface area contributed by atoms with Gasteiger partial charge in [0.25, 0.3) is 0 Å². The van der Waals surface area contributed by atoms with Crippen LogP contribution in [0.15, 0.2) is 251 Å². The SMILES string of the molecule is c1ccc(-c2cc(-c3cccc4c3sc3c(-c5cccc6c5oc5ccccc56)cccc34)cc(-c3cccc4c5ccccc5n(-c5nc(-c6ccccc6)nc(-c6ccc7c(c6)oc6ccccc67)n5)c34)c2)cc1. The monoisotopic (exact) mass is 988 g/mol. The third kappa shape index (κ3) is 6.62. The van der Waals surface area contributed by atoms with Crippen molar-refractivity contribution >= 4 is 97.2 Å². The maximum Gasteiger partial charge on any atom is 0.238 e. The average Bonchev–Trinajstić information content (AvgIpc) is 4.28. The molecule has 6 nitrogen and oxygen atoms in total. The molecular formula is C69H40N4O2S. The van der Waals surface area contributed by atoms with E-state index >= 15 is 0 Å². The molecule has 0 atom stereocenters. The molecule has 0 spiro atoms. The smallest absolute Gasteiger partial charge is 0.238 e. The van der Waals surface area contributed by atoms with Crippen LogP contribution in [0.4, 0.5) is 0 Å². The number of hydrogen-bond donors (Lipinski definition) is 0. The quantitative estimate of drug-likeness (QED) is 0.159. The molecule has 0 N–H and O–H groups in total. The van der Waals surface area contributed by atoms with Crippen molar-refractivity contribution in [2.24, 2.45) is 0 Å². The lowest BCUT2D eigenvalue weighted by atomic mass is 9.92. The summed E-state index contributed by atoms with van der Waals surface area (Å²) in [7, 11) is 0. The zero-order valence-electron chi connectivity index (χ0n) is 40.6. The Bertz CT molecular complexity index is 5010. The van der Waals surface area contributed by atoms with Crippen molar-refractivity contribution < 1.29 is 8.83 Å². The zero-order chi connectivity index (χ0) is 49.8. The molecule has 0 bridgehead atoms. The summed E-state index contributed by atoms with van der Waals surface area (Å²) < 4.78 is 17.7. The summed E-state index contributed by atoms with van der Waals surface area (Å²) in [5.74, 6) is 1.66. The van der Waals surface area contributed by atoms with Crippen molar-refractivity contribution in [2.45, 2.75) is 0 Å². The van der Waals surface area contributed by atoms with Crippen LogP contribution in [0.25, 0.3) is 159 Å². The first-order chi connectivity index (χ1) is 37.7. The van der Waals surface area contributed by atoms with Gasteiger partial charge in [-0.15, -0.1) is 11.3 Å². The molecular weight excluding hydrogens is 949 g/mol. The van der Waals surface area contributed by atoms with Crippen molar-refractivity contribution in [3.8, 4) is 73.2 Å². The third-order valence-electron chi connectivity index (χ3n) is 15.1. The maximum atomic E-state index is 6.61. The molecule has 0 unspecified atom stereocenters. The number of nitrogens with zero attached hydrogens (tertiary/aromatic N) is 4. The molecule has 0 aliphatic rings. The Kier molecular flexibility index (Phi) is 9.40. The minimum absolute atomic E-state index is 0.524. The van der Waals surface area contributed by atoms with E-state index in [4.69, 9.17) is 23.8 Å². The molecule has 0 aliphatic carbocycles. The van der Waals surface area contributed by atoms with Crippen molar-refractivity contribution in [3.63, 3.8) is 0 Å². The van der Waals surface area contributed by atoms with Crippen LogP contribution in [-0.2, 0) is 0 Å². The lowest BCUT2D eigenvalue weighted by Crippen LogP contribution is -2.07. The van der Waals surface area contributed by atoms with Crippen LogP contribution in [0.5, 0.6) is 0 Å². The summed E-state index contributed by atoms with van der Waals surface area (Å²) >= 11 is 1.85. The van der Waals surface area contributed by atoms with Crippen molar-refractivity contribution in [1.82, 2.24) is 19.5 Å². The molecule has 0 saturated heterocycles. The Labute approximate surface area is 439 Å². The van der Waals surface area contributed by atoms with Crippen LogP contribution in [0.3, 0.4) is 0 Å². The first-order valence-electron chi connectivity index (χ1n) is 25.5. The minimum atomic E-state index is 0.524. The second-order valence-corrected chi connectivity index (χ2v) is 20.4. The van der Waals surface area contributed by atoms with E-state index in [2.05, 4.69) is 205 Å². The Morgan fingerprint density at radius 3 is 1.59 bits per heavy atom. The van der Waals surface area contributed by atoms with Crippen LogP contribution in [0.2, 0.25) is 0 Å². The molecule has 76 heavy (non-hydrogen) atoms. The van der Waals surface area contributed by atoms with Crippen LogP contribution >= 0.6 is 11.3 Å². The van der Waals surface area contributed by atoms with Crippen molar-refractivity contribution in [1.29, 1.82) is 0 Å². The van der Waals surface area contributed by atoms with E-state index in [0.29, 0.717) is 17.6 Å². The molecule has 0 amide bonds. The summed E-state index contributed by atoms with van der Waals surface area (Å²) in [6.07, 6.45) is 0. The number of rotatable bonds is 7. The van der Waals surface area contributed by atoms with Gasteiger partial charge in [0.1, 0.15) is 22.3 Å². The lowest BCUT2D eigenvalue weighted by molar-refractivity contribution is 0.669. The molecule has 11 aromatic carbocycles. The lowest BCUT2D eigenvalue weighted by Gasteiger charge is -2.15. The number of thiophene rings is 1. The van der Waals surface area contributed by atoms with Gasteiger partial charge in [-0.3, -0.25) is 4.57 Å². The molecule has 7 heteroatoms. The molecule has 0 saturated carbocycles. The summed E-state index contributed by atoms with van der Waals surface area (Å²) in [6, 6.07) is 85.8. The fourth-order valence-corrected chi connectivity index (χ4v) is 13.0. The van der Waals surface area contributed by atoms with Gasteiger partial charge in [-0.05, 0) is 76.3 Å². The van der Waals surface area contributed by atoms with E-state index in [1.54, 1.807) is 0 Å². The highest BCUT2D eigenvalue weighted by molar-refractivity contribution is 7.26. The Balaban J connectivity index is 0.922. The first-order valence-corrected chi connectivity index (χ1v) is 26.3. The summed E-state index contributed by atoms with van der Waals surface area (Å²) in [5.41, 5.74) is 16.1. The number of hydrogen-bond acceptors (Lipinski definition) is 6. The van der Waals surface area contributed by atoms with Gasteiger partial charge in [-0.2, -0.15) is 9.97 Å². The molecule has 354 valence electrons. The van der Waals surface area contributed by atoms with Gasteiger partial charge in [0, 0.05) is 80.3 Å². The highest BCUT2D eigenvalue weighted by Gasteiger charge is 2.23. The Morgan fingerprint density at radius 1 is 0.303 bits per heavy atom. The number of fused-ring (bicyclic) bond motifs is 12. The molecule has 16 aromatic rings. The number of furan rings is 2. The summed E-state index contributed by atoms with van der Waals surface area (Å²) in [4.78, 5) is 15.9. The average molecular weight is 989 g/mol. The molecule has 5 aromatic heterocycles. The normalized spacial score (nSPS) is 11.9. The predicted molar refractivity (Wildman–Crippen MR) is 314 cm³/mol. The van der Waals surface area contributed by atoms with Gasteiger partial charge in [0.2, 0.25) is 5.95 Å². The third-order valence-corrected chi connectivity index (χ3v) is 16.4. The Hall–Kier alpha value is -9.95. The number of para-hydroxylation sites is 5. The van der Waals surface area contributed by atoms with Crippen LogP contribution < -0.4 is 0 Å². The fraction of sp³-hybridized carbons (Fsp3) is 0. The van der Waals surface area contributed by atoms with E-state index < -0.39 is 0 Å². The predicted octanol–water partition coefficient (Wildman–Crippen LogP) is 19.1. The second kappa shape index (κ2) is 16.8. The zero-order valence-corrected chi connectivity index (χ0v) is 41.4. The molecule has 5 heterocycles. The molecule has 0 aliphatic heterocycles. The summed E-state index contributed by atoms with van der Waals surface area (Å²) in [6.45, 7) is 0. The maximum absolute atomic E-state index is 6.61. The largest absolute Gasteiger partial charge is 0.456 e. The summed E-state index contributed by atoms with van der Waals surface area (Å²) in [5, 5.41) is 9.04. The van der Waals surface area contributed by atoms with Gasteiger partial charge in [-0.25, -0.2) is 4.98 Å². The van der Waals surface area contributed by atoms with E-state index in [1.807, 2.05) is 53.8 Å². The van der Waals surface area contributed by atoms with Crippen LogP contribution in [-0.4, -0.2) is 19.5 Å². The molecule has 16 rings (SSSR count). The highest BCUT2D eigenvalue weighted by Crippen LogP contribution is 2.48. The van der Waals surface area contributed by atoms with Crippen molar-refractivity contribution in [3.05, 3.63) is 243 Å². The standard InChI is InChI=1S/C69H40N4O2S/c1-3-17-41(18-4-1)44-37-45(39-46(38-44)48-25-14-30-57-58-31-16-29-56(66(58)76-65(48)57)55-28-15-27-54-51-23-9-12-34-61(51)75-64(54)55)47-24-13-26-53-49-21-7-10-32-59(49)73(63(47)53)69-71-67(42-19-5-2-6-20-42)70-68(72-69)43-35-36-52-50-22-8-11-33-60(50)74-62(52)40-43/h1-40H. The van der Waals surface area contributed by atoms with Gasteiger partial charge in [0.15, 0.2) is 11.6 Å². The Morgan fingerprint density at radius 2 is 0.829 bits per heavy atom. The fourth-order valence-electron chi connectivity index (χ4n) is 11.6. The molecule has 0 radical (unpaired) electrons. The van der Waals surface area contributed by atoms with Gasteiger partial charge < -0.3 is 8.83 Å². The van der Waals surface area contributed by atoms with Crippen LogP contribution in [0, 0.1) is 0 Å². The van der Waals surface area contributed by atoms with Crippen molar-refractivity contribution in [2.75, 3.05) is 0 Å². The van der Waals surface area contributed by atoms with E-state index in [1.165, 1.54) is 31.3 Å². The van der Waals surface area contributed by atoms with Gasteiger partial charge in [-0.1, -0.05) is 194 Å². The first kappa shape index (κ1) is 42.5. The number of benzene rings is 11. The number of aromatic nitrogens is 4. The highest BCUT2D eigenvalue weighted by atomic mass is 32.1. The van der Waals surface area contributed by atoms with E-state index in [-0.39, 0.29) is 0 Å². The minimum Gasteiger partial charge on any atom is -0.456 e. The van der Waals surface area contributed by atoms with E-state index in [0.717, 1.165) is 110 Å². The van der Waals surface area contributed by atoms with Gasteiger partial charge >= 0.3 is 0 Å². The molecule has 0 fully saturated rings. The van der Waals surface area contributed by atoms with Gasteiger partial charge in [0.05, 0.1) is 11.0 Å². The second-order valence-electron chi connectivity index (χ2n) is 19.4. The van der Waals surface area contributed by atoms with E-state index in [9.17, 15) is 0 Å². The topological polar surface area (TPSA) is 69.9 Å². The van der Waals surface area contributed by atoms with Crippen LogP contribution in [0.1, 0.15) is 0 Å².